The van der Waals surface area contributed by atoms with Crippen LogP contribution in [0.25, 0.3) is 0 Å². The fraction of sp³-hybridized carbons (Fsp3) is 0.273. The first-order chi connectivity index (χ1) is 6.49. The first-order valence-corrected chi connectivity index (χ1v) is 4.31. The van der Waals surface area contributed by atoms with Crippen molar-refractivity contribution in [3.8, 4) is 0 Å². The van der Waals surface area contributed by atoms with E-state index in [9.17, 15) is 4.79 Å². The van der Waals surface area contributed by atoms with Gasteiger partial charge in [0.2, 0.25) is 0 Å². The van der Waals surface area contributed by atoms with Gasteiger partial charge in [-0.1, -0.05) is 19.9 Å². The highest BCUT2D eigenvalue weighted by Crippen LogP contribution is 2.25. The van der Waals surface area contributed by atoms with E-state index in [1.165, 1.54) is 0 Å². The van der Waals surface area contributed by atoms with Gasteiger partial charge in [-0.05, 0) is 12.1 Å². The number of hydrogen-bond acceptors (Lipinski definition) is 2. The van der Waals surface area contributed by atoms with Gasteiger partial charge in [0.15, 0.2) is 0 Å². The Kier molecular flexibility index (Phi) is 2.70. The van der Waals surface area contributed by atoms with E-state index in [2.05, 4.69) is 11.6 Å². The van der Waals surface area contributed by atoms with Crippen molar-refractivity contribution >= 4 is 5.97 Å². The molecule has 0 atom stereocenters. The fourth-order valence-corrected chi connectivity index (χ4v) is 1.19. The smallest absolute Gasteiger partial charge is 0.337 e. The minimum atomic E-state index is -0.956. The molecule has 1 N–H and O–H groups in total. The number of aromatic nitrogens is 1. The molecule has 1 aromatic heterocycles. The molecule has 0 spiro atoms. The summed E-state index contributed by atoms with van der Waals surface area (Å²) in [7, 11) is 0. The van der Waals surface area contributed by atoms with Crippen molar-refractivity contribution in [2.45, 2.75) is 19.3 Å². The van der Waals surface area contributed by atoms with Gasteiger partial charge >= 0.3 is 5.97 Å². The molecule has 0 bridgehead atoms. The van der Waals surface area contributed by atoms with E-state index in [4.69, 9.17) is 5.11 Å². The molecular weight excluding hydrogens is 178 g/mol. The predicted molar refractivity (Wildman–Crippen MR) is 54.4 cm³/mol. The minimum absolute atomic E-state index is 0.234. The Bertz CT molecular complexity index is 369. The number of carboxylic acids is 1. The highest BCUT2D eigenvalue weighted by Gasteiger charge is 2.24. The summed E-state index contributed by atoms with van der Waals surface area (Å²) < 4.78 is 0. The van der Waals surface area contributed by atoms with Crippen LogP contribution in [0.3, 0.4) is 0 Å². The number of pyridine rings is 1. The van der Waals surface area contributed by atoms with Gasteiger partial charge < -0.3 is 5.11 Å². The van der Waals surface area contributed by atoms with Gasteiger partial charge in [-0.3, -0.25) is 4.98 Å². The molecule has 0 aliphatic carbocycles. The molecule has 0 aromatic carbocycles. The van der Waals surface area contributed by atoms with E-state index >= 15 is 0 Å². The lowest BCUT2D eigenvalue weighted by atomic mass is 9.86. The average molecular weight is 191 g/mol. The molecule has 1 aromatic rings. The summed E-state index contributed by atoms with van der Waals surface area (Å²) in [5.74, 6) is -0.956. The molecule has 0 amide bonds. The minimum Gasteiger partial charge on any atom is -0.478 e. The quantitative estimate of drug-likeness (QED) is 0.745. The zero-order chi connectivity index (χ0) is 10.8. The fourth-order valence-electron chi connectivity index (χ4n) is 1.19. The van der Waals surface area contributed by atoms with Gasteiger partial charge in [0.25, 0.3) is 0 Å². The van der Waals surface area contributed by atoms with Gasteiger partial charge in [-0.15, -0.1) is 6.58 Å². The lowest BCUT2D eigenvalue weighted by Crippen LogP contribution is -2.19. The van der Waals surface area contributed by atoms with Crippen molar-refractivity contribution in [1.82, 2.24) is 4.98 Å². The number of carbonyl (C=O) groups is 1. The Morgan fingerprint density at radius 2 is 2.29 bits per heavy atom. The Hall–Kier alpha value is -1.64. The van der Waals surface area contributed by atoms with Gasteiger partial charge in [-0.2, -0.15) is 0 Å². The first kappa shape index (κ1) is 10.4. The van der Waals surface area contributed by atoms with Crippen LogP contribution in [-0.4, -0.2) is 16.1 Å². The normalized spacial score (nSPS) is 11.0. The van der Waals surface area contributed by atoms with E-state index in [0.29, 0.717) is 5.69 Å². The van der Waals surface area contributed by atoms with E-state index in [1.807, 2.05) is 13.8 Å². The monoisotopic (exact) mass is 191 g/mol. The van der Waals surface area contributed by atoms with Crippen LogP contribution in [-0.2, 0) is 5.41 Å². The Morgan fingerprint density at radius 1 is 1.64 bits per heavy atom. The average Bonchev–Trinajstić information content (AvgIpc) is 2.18. The van der Waals surface area contributed by atoms with Crippen LogP contribution in [0.15, 0.2) is 31.0 Å². The van der Waals surface area contributed by atoms with E-state index < -0.39 is 11.4 Å². The largest absolute Gasteiger partial charge is 0.478 e. The zero-order valence-electron chi connectivity index (χ0n) is 8.32. The molecule has 0 fully saturated rings. The molecule has 0 aliphatic rings. The Balaban J connectivity index is 3.33. The van der Waals surface area contributed by atoms with Crippen LogP contribution in [0.4, 0.5) is 0 Å². The second-order valence-corrected chi connectivity index (χ2v) is 3.63. The molecule has 1 rings (SSSR count). The highest BCUT2D eigenvalue weighted by atomic mass is 16.4. The Morgan fingerprint density at radius 3 is 2.79 bits per heavy atom. The van der Waals surface area contributed by atoms with Crippen molar-refractivity contribution in [3.63, 3.8) is 0 Å². The zero-order valence-corrected chi connectivity index (χ0v) is 8.32. The van der Waals surface area contributed by atoms with Crippen molar-refractivity contribution in [1.29, 1.82) is 0 Å². The van der Waals surface area contributed by atoms with Crippen molar-refractivity contribution in [2.75, 3.05) is 0 Å². The third-order valence-electron chi connectivity index (χ3n) is 2.16. The summed E-state index contributed by atoms with van der Waals surface area (Å²) >= 11 is 0. The molecule has 0 aliphatic heterocycles. The third kappa shape index (κ3) is 1.82. The standard InChI is InChI=1S/C11H13NO2/c1-4-11(2,3)9-8(10(13)14)6-5-7-12-9/h4-7H,1H2,2-3H3,(H,13,14). The SMILES string of the molecule is C=CC(C)(C)c1ncccc1C(=O)O. The van der Waals surface area contributed by atoms with Crippen LogP contribution >= 0.6 is 0 Å². The van der Waals surface area contributed by atoms with Gasteiger partial charge in [0.05, 0.1) is 11.3 Å². The Labute approximate surface area is 83.1 Å². The number of aromatic carboxylic acids is 1. The van der Waals surface area contributed by atoms with Crippen molar-refractivity contribution in [2.24, 2.45) is 0 Å². The lowest BCUT2D eigenvalue weighted by Gasteiger charge is -2.20. The molecular formula is C11H13NO2. The number of carboxylic acid groups (broad SMARTS) is 1. The summed E-state index contributed by atoms with van der Waals surface area (Å²) in [5, 5.41) is 8.95. The van der Waals surface area contributed by atoms with Crippen molar-refractivity contribution < 1.29 is 9.90 Å². The van der Waals surface area contributed by atoms with E-state index in [-0.39, 0.29) is 5.56 Å². The van der Waals surface area contributed by atoms with Gasteiger partial charge in [-0.25, -0.2) is 4.79 Å². The second-order valence-electron chi connectivity index (χ2n) is 3.63. The first-order valence-electron chi connectivity index (χ1n) is 4.31. The maximum Gasteiger partial charge on any atom is 0.337 e. The van der Waals surface area contributed by atoms with E-state index in [0.717, 1.165) is 0 Å². The molecule has 3 nitrogen and oxygen atoms in total. The summed E-state index contributed by atoms with van der Waals surface area (Å²) in [4.78, 5) is 15.0. The molecule has 0 radical (unpaired) electrons. The van der Waals surface area contributed by atoms with Gasteiger partial charge in [0, 0.05) is 11.6 Å². The third-order valence-corrected chi connectivity index (χ3v) is 2.16. The molecule has 1 heterocycles. The van der Waals surface area contributed by atoms with Crippen molar-refractivity contribution in [3.05, 3.63) is 42.2 Å². The summed E-state index contributed by atoms with van der Waals surface area (Å²) in [6.45, 7) is 7.44. The lowest BCUT2D eigenvalue weighted by molar-refractivity contribution is 0.0694. The van der Waals surface area contributed by atoms with Gasteiger partial charge in [0.1, 0.15) is 0 Å². The van der Waals surface area contributed by atoms with Crippen LogP contribution in [0, 0.1) is 0 Å². The topological polar surface area (TPSA) is 50.2 Å². The maximum atomic E-state index is 10.9. The maximum absolute atomic E-state index is 10.9. The molecule has 0 unspecified atom stereocenters. The van der Waals surface area contributed by atoms with E-state index in [1.54, 1.807) is 24.4 Å². The molecule has 14 heavy (non-hydrogen) atoms. The molecule has 0 saturated heterocycles. The predicted octanol–water partition coefficient (Wildman–Crippen LogP) is 2.24. The van der Waals surface area contributed by atoms with Crippen LogP contribution < -0.4 is 0 Å². The number of rotatable bonds is 3. The molecule has 74 valence electrons. The second kappa shape index (κ2) is 3.62. The number of hydrogen-bond donors (Lipinski definition) is 1. The summed E-state index contributed by atoms with van der Waals surface area (Å²) in [5.41, 5.74) is 0.356. The molecule has 3 heteroatoms. The van der Waals surface area contributed by atoms with Crippen LogP contribution in [0.2, 0.25) is 0 Å². The van der Waals surface area contributed by atoms with Crippen LogP contribution in [0.1, 0.15) is 29.9 Å². The van der Waals surface area contributed by atoms with Crippen LogP contribution in [0.5, 0.6) is 0 Å². The summed E-state index contributed by atoms with van der Waals surface area (Å²) in [6.07, 6.45) is 3.29. The number of nitrogens with zero attached hydrogens (tertiary/aromatic N) is 1. The summed E-state index contributed by atoms with van der Waals surface area (Å²) in [6, 6.07) is 3.17. The highest BCUT2D eigenvalue weighted by molar-refractivity contribution is 5.89. The molecule has 0 saturated carbocycles. The number of allylic oxidation sites excluding steroid dienone is 1.